The molecular formula is C32H28F2N6O3. The molecule has 11 heteroatoms. The molecular weight excluding hydrogens is 554 g/mol. The molecule has 9 nitrogen and oxygen atoms in total. The van der Waals surface area contributed by atoms with E-state index in [0.29, 0.717) is 36.6 Å². The fraction of sp³-hybridized carbons (Fsp3) is 0.188. The zero-order valence-corrected chi connectivity index (χ0v) is 23.3. The van der Waals surface area contributed by atoms with Gasteiger partial charge in [0.25, 0.3) is 0 Å². The van der Waals surface area contributed by atoms with E-state index in [1.165, 1.54) is 24.3 Å². The summed E-state index contributed by atoms with van der Waals surface area (Å²) in [6.07, 6.45) is 3.59. The maximum Gasteiger partial charge on any atom is 0.243 e. The maximum absolute atomic E-state index is 13.5. The van der Waals surface area contributed by atoms with Crippen molar-refractivity contribution in [2.75, 3.05) is 7.11 Å². The smallest absolute Gasteiger partial charge is 0.243 e. The van der Waals surface area contributed by atoms with Crippen LogP contribution in [0, 0.1) is 11.6 Å². The lowest BCUT2D eigenvalue weighted by Gasteiger charge is -2.27. The zero-order valence-electron chi connectivity index (χ0n) is 23.3. The second-order valence-electron chi connectivity index (χ2n) is 10.2. The van der Waals surface area contributed by atoms with Crippen LogP contribution in [0.5, 0.6) is 5.75 Å². The van der Waals surface area contributed by atoms with Gasteiger partial charge in [0.2, 0.25) is 11.8 Å². The van der Waals surface area contributed by atoms with Crippen LogP contribution in [0.25, 0.3) is 22.5 Å². The molecule has 4 heterocycles. The summed E-state index contributed by atoms with van der Waals surface area (Å²) in [7, 11) is 1.62. The van der Waals surface area contributed by atoms with Crippen LogP contribution in [0.3, 0.4) is 0 Å². The predicted octanol–water partition coefficient (Wildman–Crippen LogP) is 4.56. The number of carbonyl (C=O) groups excluding carboxylic acids is 2. The van der Waals surface area contributed by atoms with Gasteiger partial charge in [-0.3, -0.25) is 9.59 Å². The summed E-state index contributed by atoms with van der Waals surface area (Å²) in [5.41, 5.74) is 3.83. The normalized spacial score (nSPS) is 13.9. The van der Waals surface area contributed by atoms with E-state index >= 15 is 0 Å². The topological polar surface area (TPSA) is 94.3 Å². The lowest BCUT2D eigenvalue weighted by molar-refractivity contribution is -0.134. The third kappa shape index (κ3) is 6.30. The minimum absolute atomic E-state index is 0.0271. The lowest BCUT2D eigenvalue weighted by atomic mass is 10.2. The van der Waals surface area contributed by atoms with Crippen molar-refractivity contribution in [3.63, 3.8) is 0 Å². The van der Waals surface area contributed by atoms with E-state index in [1.807, 2.05) is 41.1 Å². The molecule has 218 valence electrons. The largest absolute Gasteiger partial charge is 0.497 e. The molecule has 7 rings (SSSR count). The molecule has 0 unspecified atom stereocenters. The van der Waals surface area contributed by atoms with Gasteiger partial charge >= 0.3 is 0 Å². The first kappa shape index (κ1) is 27.8. The van der Waals surface area contributed by atoms with Crippen molar-refractivity contribution in [2.24, 2.45) is 0 Å². The summed E-state index contributed by atoms with van der Waals surface area (Å²) in [6, 6.07) is 20.3. The quantitative estimate of drug-likeness (QED) is 0.328. The molecule has 2 aliphatic heterocycles. The molecule has 0 fully saturated rings. The highest BCUT2D eigenvalue weighted by Gasteiger charge is 2.25. The highest BCUT2D eigenvalue weighted by atomic mass is 19.1. The highest BCUT2D eigenvalue weighted by Crippen LogP contribution is 2.24. The second kappa shape index (κ2) is 11.9. The highest BCUT2D eigenvalue weighted by molar-refractivity contribution is 5.78. The molecule has 0 saturated heterocycles. The summed E-state index contributed by atoms with van der Waals surface area (Å²) in [4.78, 5) is 34.4. The molecule has 0 saturated carbocycles. The van der Waals surface area contributed by atoms with Crippen molar-refractivity contribution in [2.45, 2.75) is 32.7 Å². The number of methoxy groups -OCH3 is 1. The molecule has 1 N–H and O–H groups in total. The van der Waals surface area contributed by atoms with Crippen molar-refractivity contribution < 1.29 is 23.1 Å². The Labute approximate surface area is 246 Å². The summed E-state index contributed by atoms with van der Waals surface area (Å²) in [5.74, 6) is 1.81. The van der Waals surface area contributed by atoms with Gasteiger partial charge in [-0.15, -0.1) is 0 Å². The van der Waals surface area contributed by atoms with E-state index in [2.05, 4.69) is 15.3 Å². The Balaban J connectivity index is 0.000000167. The van der Waals surface area contributed by atoms with E-state index in [4.69, 9.17) is 4.74 Å². The number of halogens is 2. The number of imidazole rings is 2. The lowest BCUT2D eigenvalue weighted by Crippen LogP contribution is -2.38. The van der Waals surface area contributed by atoms with Gasteiger partial charge in [0, 0.05) is 30.1 Å². The first-order valence-electron chi connectivity index (χ1n) is 13.7. The Bertz CT molecular complexity index is 1800. The Kier molecular flexibility index (Phi) is 7.69. The van der Waals surface area contributed by atoms with Crippen molar-refractivity contribution in [1.82, 2.24) is 29.3 Å². The number of nitrogens with one attached hydrogen (secondary N) is 1. The molecule has 0 bridgehead atoms. The average molecular weight is 583 g/mol. The van der Waals surface area contributed by atoms with Crippen molar-refractivity contribution in [3.8, 4) is 28.3 Å². The van der Waals surface area contributed by atoms with E-state index in [1.54, 1.807) is 41.0 Å². The van der Waals surface area contributed by atoms with Crippen LogP contribution < -0.4 is 10.1 Å². The third-order valence-electron chi connectivity index (χ3n) is 7.24. The summed E-state index contributed by atoms with van der Waals surface area (Å²) < 4.78 is 35.3. The molecule has 5 aromatic rings. The first-order chi connectivity index (χ1) is 20.8. The summed E-state index contributed by atoms with van der Waals surface area (Å²) >= 11 is 0. The van der Waals surface area contributed by atoms with E-state index in [0.717, 1.165) is 28.5 Å². The van der Waals surface area contributed by atoms with Crippen molar-refractivity contribution >= 4 is 11.8 Å². The SMILES string of the molecule is COc1ccc(CN2Cc3nc(-c4cccc(F)c4)cn3CC2=O)cc1.O=C1Cn2cc(-c3cccc(F)c3)nc2CN1. The van der Waals surface area contributed by atoms with Crippen molar-refractivity contribution in [1.29, 1.82) is 0 Å². The standard InChI is InChI=1S/C20H18FN3O2.C12H10FN3O/c1-26-17-7-5-14(6-8-17)10-24-12-19-22-18(11-23(19)13-20(24)25)15-3-2-4-16(21)9-15;13-9-3-1-2-8(4-9)10-6-16-7-12(17)14-5-11(16)15-10/h2-9,11H,10,12-13H2,1H3;1-4,6H,5,7H2,(H,14,17). The van der Waals surface area contributed by atoms with E-state index in [-0.39, 0.29) is 36.5 Å². The van der Waals surface area contributed by atoms with Gasteiger partial charge in [0.1, 0.15) is 42.1 Å². The number of carbonyl (C=O) groups is 2. The van der Waals surface area contributed by atoms with Crippen LogP contribution in [0.1, 0.15) is 17.2 Å². The van der Waals surface area contributed by atoms with Crippen LogP contribution in [-0.2, 0) is 42.3 Å². The molecule has 0 atom stereocenters. The minimum Gasteiger partial charge on any atom is -0.497 e. The molecule has 0 spiro atoms. The Hall–Kier alpha value is -5.32. The van der Waals surface area contributed by atoms with Gasteiger partial charge in [-0.2, -0.15) is 0 Å². The van der Waals surface area contributed by atoms with Crippen LogP contribution in [-0.4, -0.2) is 42.9 Å². The fourth-order valence-corrected chi connectivity index (χ4v) is 5.01. The number of rotatable bonds is 5. The monoisotopic (exact) mass is 582 g/mol. The molecule has 0 radical (unpaired) electrons. The van der Waals surface area contributed by atoms with E-state index < -0.39 is 0 Å². The number of benzene rings is 3. The Morgan fingerprint density at radius 1 is 0.791 bits per heavy atom. The second-order valence-corrected chi connectivity index (χ2v) is 10.2. The van der Waals surface area contributed by atoms with Crippen LogP contribution >= 0.6 is 0 Å². The number of fused-ring (bicyclic) bond motifs is 2. The summed E-state index contributed by atoms with van der Waals surface area (Å²) in [6.45, 7) is 1.89. The molecule has 3 aromatic carbocycles. The predicted molar refractivity (Wildman–Crippen MR) is 154 cm³/mol. The number of hydrogen-bond donors (Lipinski definition) is 1. The first-order valence-corrected chi connectivity index (χ1v) is 13.7. The maximum atomic E-state index is 13.5. The van der Waals surface area contributed by atoms with Crippen molar-refractivity contribution in [3.05, 3.63) is 114 Å². The average Bonchev–Trinajstić information content (AvgIpc) is 3.62. The molecule has 2 aliphatic rings. The molecule has 2 amide bonds. The fourth-order valence-electron chi connectivity index (χ4n) is 5.01. The Morgan fingerprint density at radius 3 is 2.00 bits per heavy atom. The van der Waals surface area contributed by atoms with Crippen LogP contribution in [0.4, 0.5) is 8.78 Å². The van der Waals surface area contributed by atoms with Gasteiger partial charge in [0.15, 0.2) is 0 Å². The third-order valence-corrected chi connectivity index (χ3v) is 7.24. The molecule has 0 aliphatic carbocycles. The zero-order chi connectivity index (χ0) is 29.9. The van der Waals surface area contributed by atoms with Gasteiger partial charge in [-0.25, -0.2) is 18.7 Å². The van der Waals surface area contributed by atoms with Gasteiger partial charge in [0.05, 0.1) is 31.6 Å². The molecule has 43 heavy (non-hydrogen) atoms. The number of aromatic nitrogens is 4. The number of amides is 2. The Morgan fingerprint density at radius 2 is 1.40 bits per heavy atom. The van der Waals surface area contributed by atoms with Gasteiger partial charge < -0.3 is 24.1 Å². The minimum atomic E-state index is -0.300. The van der Waals surface area contributed by atoms with Gasteiger partial charge in [-0.1, -0.05) is 36.4 Å². The number of ether oxygens (including phenoxy) is 1. The number of nitrogens with zero attached hydrogens (tertiary/aromatic N) is 5. The number of hydrogen-bond acceptors (Lipinski definition) is 5. The van der Waals surface area contributed by atoms with Gasteiger partial charge in [-0.05, 0) is 42.0 Å². The van der Waals surface area contributed by atoms with E-state index in [9.17, 15) is 18.4 Å². The molecule has 2 aromatic heterocycles. The van der Waals surface area contributed by atoms with Crippen LogP contribution in [0.15, 0.2) is 85.2 Å². The summed E-state index contributed by atoms with van der Waals surface area (Å²) in [5, 5.41) is 2.72. The van der Waals surface area contributed by atoms with Crippen LogP contribution in [0.2, 0.25) is 0 Å².